The Bertz CT molecular complexity index is 911. The van der Waals surface area contributed by atoms with E-state index in [9.17, 15) is 14.7 Å². The highest BCUT2D eigenvalue weighted by molar-refractivity contribution is 7.98. The maximum atomic E-state index is 13.2. The molecule has 1 aliphatic rings. The van der Waals surface area contributed by atoms with Gasteiger partial charge in [0.1, 0.15) is 6.04 Å². The summed E-state index contributed by atoms with van der Waals surface area (Å²) >= 11 is 6.18. The van der Waals surface area contributed by atoms with E-state index in [1.54, 1.807) is 11.8 Å². The second-order valence-electron chi connectivity index (χ2n) is 7.98. The van der Waals surface area contributed by atoms with Gasteiger partial charge in [-0.1, -0.05) is 36.4 Å². The van der Waals surface area contributed by atoms with Crippen LogP contribution in [0.2, 0.25) is 0 Å². The van der Waals surface area contributed by atoms with Gasteiger partial charge in [-0.2, -0.15) is 24.4 Å². The maximum Gasteiger partial charge on any atom is 0.326 e. The molecule has 32 heavy (non-hydrogen) atoms. The summed E-state index contributed by atoms with van der Waals surface area (Å²) < 4.78 is 0. The lowest BCUT2D eigenvalue weighted by Gasteiger charge is -2.19. The van der Waals surface area contributed by atoms with Crippen LogP contribution in [0.4, 0.5) is 5.69 Å². The molecule has 0 aliphatic carbocycles. The van der Waals surface area contributed by atoms with Crippen LogP contribution in [0.5, 0.6) is 0 Å². The molecule has 1 saturated heterocycles. The van der Waals surface area contributed by atoms with E-state index < -0.39 is 12.0 Å². The van der Waals surface area contributed by atoms with Crippen LogP contribution in [0, 0.1) is 0 Å². The predicted octanol–water partition coefficient (Wildman–Crippen LogP) is 3.29. The number of hydrogen-bond donors (Lipinski definition) is 5. The number of rotatable bonds is 11. The topological polar surface area (TPSA) is 90.5 Å². The molecule has 4 N–H and O–H groups in total. The molecule has 2 aromatic rings. The molecule has 1 aliphatic heterocycles. The average Bonchev–Trinajstić information content (AvgIpc) is 3.20. The number of carbonyl (C=O) groups excluding carboxylic acids is 1. The minimum atomic E-state index is -1.02. The van der Waals surface area contributed by atoms with E-state index >= 15 is 0 Å². The standard InChI is InChI=1S/C24H31N3O3S2/c1-32-12-10-20(24(29)30)27-23(28)19-14-18(26-15-21-22(31)9-11-25-21)8-7-17(19)13-16-5-3-2-4-6-16/h2-8,14,20-22,25-26,31H,9-13,15H2,1H3,(H,27,28)(H,29,30)/t20-,21-,22-/m0/s1. The van der Waals surface area contributed by atoms with E-state index in [0.29, 0.717) is 36.0 Å². The smallest absolute Gasteiger partial charge is 0.326 e. The lowest BCUT2D eigenvalue weighted by molar-refractivity contribution is -0.139. The highest BCUT2D eigenvalue weighted by Gasteiger charge is 2.24. The molecule has 3 atom stereocenters. The third-order valence-corrected chi connectivity index (χ3v) is 6.91. The molecule has 0 spiro atoms. The molecule has 1 fully saturated rings. The van der Waals surface area contributed by atoms with E-state index in [1.165, 1.54) is 0 Å². The number of hydrogen-bond acceptors (Lipinski definition) is 6. The van der Waals surface area contributed by atoms with Crippen molar-refractivity contribution in [2.45, 2.75) is 36.6 Å². The fraction of sp³-hybridized carbons (Fsp3) is 0.417. The number of aliphatic carboxylic acids is 1. The highest BCUT2D eigenvalue weighted by atomic mass is 32.2. The summed E-state index contributed by atoms with van der Waals surface area (Å²) in [4.78, 5) is 24.8. The van der Waals surface area contributed by atoms with Crippen LogP contribution in [0.15, 0.2) is 48.5 Å². The van der Waals surface area contributed by atoms with Crippen molar-refractivity contribution in [3.05, 3.63) is 65.2 Å². The molecule has 1 heterocycles. The summed E-state index contributed by atoms with van der Waals surface area (Å²) in [6, 6.07) is 15.0. The Morgan fingerprint density at radius 3 is 2.69 bits per heavy atom. The Morgan fingerprint density at radius 2 is 2.03 bits per heavy atom. The molecule has 0 radical (unpaired) electrons. The third kappa shape index (κ3) is 6.92. The van der Waals surface area contributed by atoms with Crippen LogP contribution in [0.1, 0.15) is 34.3 Å². The van der Waals surface area contributed by atoms with Crippen molar-refractivity contribution in [1.82, 2.24) is 10.6 Å². The third-order valence-electron chi connectivity index (χ3n) is 5.64. The largest absolute Gasteiger partial charge is 0.480 e. The normalized spacial score (nSPS) is 18.8. The van der Waals surface area contributed by atoms with Crippen molar-refractivity contribution in [2.24, 2.45) is 0 Å². The summed E-state index contributed by atoms with van der Waals surface area (Å²) in [5.41, 5.74) is 3.28. The minimum absolute atomic E-state index is 0.266. The molecule has 2 aromatic carbocycles. The van der Waals surface area contributed by atoms with Gasteiger partial charge in [0.25, 0.3) is 5.91 Å². The van der Waals surface area contributed by atoms with E-state index in [-0.39, 0.29) is 11.9 Å². The van der Waals surface area contributed by atoms with Gasteiger partial charge in [-0.3, -0.25) is 4.79 Å². The highest BCUT2D eigenvalue weighted by Crippen LogP contribution is 2.21. The predicted molar refractivity (Wildman–Crippen MR) is 135 cm³/mol. The van der Waals surface area contributed by atoms with Gasteiger partial charge in [-0.05, 0) is 61.1 Å². The Kier molecular flexibility index (Phi) is 9.32. The van der Waals surface area contributed by atoms with Gasteiger partial charge in [0, 0.05) is 29.1 Å². The molecule has 0 aromatic heterocycles. The van der Waals surface area contributed by atoms with Crippen molar-refractivity contribution < 1.29 is 14.7 Å². The van der Waals surface area contributed by atoms with E-state index in [0.717, 1.165) is 29.8 Å². The van der Waals surface area contributed by atoms with Crippen LogP contribution >= 0.6 is 24.4 Å². The van der Waals surface area contributed by atoms with Gasteiger partial charge in [-0.15, -0.1) is 0 Å². The van der Waals surface area contributed by atoms with Gasteiger partial charge in [-0.25, -0.2) is 4.79 Å². The molecule has 3 rings (SSSR count). The van der Waals surface area contributed by atoms with Crippen molar-refractivity contribution >= 4 is 42.0 Å². The Balaban J connectivity index is 1.80. The first-order chi connectivity index (χ1) is 15.5. The summed E-state index contributed by atoms with van der Waals surface area (Å²) in [5, 5.41) is 19.4. The van der Waals surface area contributed by atoms with Gasteiger partial charge in [0.05, 0.1) is 0 Å². The van der Waals surface area contributed by atoms with E-state index in [1.807, 2.05) is 54.8 Å². The average molecular weight is 474 g/mol. The first-order valence-electron chi connectivity index (χ1n) is 10.8. The van der Waals surface area contributed by atoms with Gasteiger partial charge >= 0.3 is 5.97 Å². The van der Waals surface area contributed by atoms with Crippen LogP contribution < -0.4 is 16.0 Å². The lowest BCUT2D eigenvalue weighted by atomic mass is 9.98. The van der Waals surface area contributed by atoms with Crippen molar-refractivity contribution in [3.8, 4) is 0 Å². The van der Waals surface area contributed by atoms with Crippen molar-refractivity contribution in [2.75, 3.05) is 30.4 Å². The molecular formula is C24H31N3O3S2. The van der Waals surface area contributed by atoms with Crippen LogP contribution in [-0.4, -0.2) is 59.4 Å². The summed E-state index contributed by atoms with van der Waals surface area (Å²) in [7, 11) is 0. The van der Waals surface area contributed by atoms with Crippen molar-refractivity contribution in [3.63, 3.8) is 0 Å². The number of carboxylic acid groups (broad SMARTS) is 1. The fourth-order valence-corrected chi connectivity index (χ4v) is 4.60. The summed E-state index contributed by atoms with van der Waals surface area (Å²) in [6.07, 6.45) is 3.92. The Morgan fingerprint density at radius 1 is 1.25 bits per heavy atom. The SMILES string of the molecule is CSCC[C@H](NC(=O)c1cc(NC[C@@H]2NCC[C@@H]2S)ccc1Cc1ccccc1)C(=O)O. The van der Waals surface area contributed by atoms with Crippen LogP contribution in [0.3, 0.4) is 0 Å². The number of amides is 1. The number of carboxylic acids is 1. The Labute approximate surface area is 199 Å². The molecule has 172 valence electrons. The number of thiol groups is 1. The van der Waals surface area contributed by atoms with E-state index in [4.69, 9.17) is 0 Å². The first kappa shape index (κ1) is 24.5. The van der Waals surface area contributed by atoms with Gasteiger partial charge in [0.15, 0.2) is 0 Å². The monoisotopic (exact) mass is 473 g/mol. The minimum Gasteiger partial charge on any atom is -0.480 e. The quantitative estimate of drug-likeness (QED) is 0.322. The fourth-order valence-electron chi connectivity index (χ4n) is 3.79. The molecule has 6 nitrogen and oxygen atoms in total. The zero-order valence-corrected chi connectivity index (χ0v) is 19.9. The molecular weight excluding hydrogens is 442 g/mol. The van der Waals surface area contributed by atoms with Crippen LogP contribution in [-0.2, 0) is 11.2 Å². The molecule has 8 heteroatoms. The summed E-state index contributed by atoms with van der Waals surface area (Å²) in [5.74, 6) is -0.716. The number of carbonyl (C=O) groups is 2. The zero-order chi connectivity index (χ0) is 22.9. The van der Waals surface area contributed by atoms with Crippen LogP contribution in [0.25, 0.3) is 0 Å². The second-order valence-corrected chi connectivity index (χ2v) is 9.63. The zero-order valence-electron chi connectivity index (χ0n) is 18.2. The molecule has 1 amide bonds. The maximum absolute atomic E-state index is 13.2. The number of benzene rings is 2. The molecule has 0 saturated carbocycles. The number of thioether (sulfide) groups is 1. The molecule has 0 unspecified atom stereocenters. The molecule has 0 bridgehead atoms. The van der Waals surface area contributed by atoms with Gasteiger partial charge < -0.3 is 21.1 Å². The Hall–Kier alpha value is -2.16. The lowest BCUT2D eigenvalue weighted by Crippen LogP contribution is -2.41. The van der Waals surface area contributed by atoms with E-state index in [2.05, 4.69) is 28.6 Å². The van der Waals surface area contributed by atoms with Gasteiger partial charge in [0.2, 0.25) is 0 Å². The summed E-state index contributed by atoms with van der Waals surface area (Å²) in [6.45, 7) is 1.66. The number of anilines is 1. The second kappa shape index (κ2) is 12.2. The first-order valence-corrected chi connectivity index (χ1v) is 12.7. The van der Waals surface area contributed by atoms with Crippen molar-refractivity contribution in [1.29, 1.82) is 0 Å². The number of nitrogens with one attached hydrogen (secondary N) is 3.